The molecule has 0 saturated carbocycles. The fourth-order valence-electron chi connectivity index (χ4n) is 4.02. The number of nitrogen functional groups attached to an aromatic ring is 1. The Kier molecular flexibility index (Phi) is 7.33. The van der Waals surface area contributed by atoms with Crippen molar-refractivity contribution >= 4 is 17.8 Å². The first-order valence-corrected chi connectivity index (χ1v) is 11.5. The predicted octanol–water partition coefficient (Wildman–Crippen LogP) is 3.52. The van der Waals surface area contributed by atoms with E-state index >= 15 is 0 Å². The van der Waals surface area contributed by atoms with Gasteiger partial charge in [0.15, 0.2) is 0 Å². The molecule has 9 nitrogen and oxygen atoms in total. The molecule has 9 heteroatoms. The third-order valence-corrected chi connectivity index (χ3v) is 6.18. The second-order valence-corrected chi connectivity index (χ2v) is 8.57. The van der Waals surface area contributed by atoms with E-state index in [4.69, 9.17) is 20.6 Å². The number of ether oxygens (including phenoxy) is 2. The van der Waals surface area contributed by atoms with Crippen LogP contribution in [0.5, 0.6) is 11.5 Å². The predicted molar refractivity (Wildman–Crippen MR) is 135 cm³/mol. The zero-order valence-electron chi connectivity index (χ0n) is 20.0. The summed E-state index contributed by atoms with van der Waals surface area (Å²) in [5, 5.41) is 23.3. The Balaban J connectivity index is 1.35. The van der Waals surface area contributed by atoms with E-state index in [1.165, 1.54) is 0 Å². The van der Waals surface area contributed by atoms with Crippen molar-refractivity contribution in [2.75, 3.05) is 20.2 Å². The number of urea groups is 1. The smallest absolute Gasteiger partial charge is 0.424 e. The number of hydrogen-bond acceptors (Lipinski definition) is 6. The molecule has 4 N–H and O–H groups in total. The van der Waals surface area contributed by atoms with Gasteiger partial charge in [-0.25, -0.2) is 14.2 Å². The Morgan fingerprint density at radius 1 is 1.06 bits per heavy atom. The van der Waals surface area contributed by atoms with E-state index in [-0.39, 0.29) is 30.9 Å². The summed E-state index contributed by atoms with van der Waals surface area (Å²) in [5.41, 5.74) is 8.90. The van der Waals surface area contributed by atoms with E-state index in [0.29, 0.717) is 29.9 Å². The highest BCUT2D eigenvalue weighted by Gasteiger charge is 2.41. The minimum absolute atomic E-state index is 0.000551. The summed E-state index contributed by atoms with van der Waals surface area (Å²) >= 11 is 0. The van der Waals surface area contributed by atoms with E-state index in [0.717, 1.165) is 16.9 Å². The fourth-order valence-corrected chi connectivity index (χ4v) is 4.02. The molecule has 36 heavy (non-hydrogen) atoms. The number of fused-ring (bicyclic) bond motifs is 1. The zero-order chi connectivity index (χ0) is 25.7. The SMILES string of the molecule is COc1ccc(CCNC(=O)[N+]2([O-])CCc3cc(OCc4ccc(C(=N)N)cc4)ccc3C2=O)cc1. The molecule has 0 saturated heterocycles. The van der Waals surface area contributed by atoms with E-state index in [2.05, 4.69) is 5.32 Å². The fraction of sp³-hybridized carbons (Fsp3) is 0.222. The standard InChI is InChI=1S/C27H28N4O5/c1-35-22-8-4-18(5-9-22)12-14-30-27(33)31(34)15-13-21-16-23(10-11-24(21)26(31)32)36-17-19-2-6-20(7-3-19)25(28)29/h2-11,16H,12-15,17H2,1H3,(H3,28,29)(H,30,33). The minimum Gasteiger partial charge on any atom is -0.616 e. The lowest BCUT2D eigenvalue weighted by Crippen LogP contribution is -2.59. The minimum atomic E-state index is -1.56. The molecule has 1 heterocycles. The molecule has 1 aliphatic heterocycles. The molecular weight excluding hydrogens is 460 g/mol. The van der Waals surface area contributed by atoms with Crippen LogP contribution < -0.4 is 20.5 Å². The van der Waals surface area contributed by atoms with Crippen LogP contribution in [0.15, 0.2) is 66.7 Å². The number of benzene rings is 3. The highest BCUT2D eigenvalue weighted by atomic mass is 16.6. The zero-order valence-corrected chi connectivity index (χ0v) is 20.0. The molecule has 1 unspecified atom stereocenters. The van der Waals surface area contributed by atoms with Gasteiger partial charge in [0.05, 0.1) is 19.2 Å². The Labute approximate surface area is 209 Å². The van der Waals surface area contributed by atoms with Gasteiger partial charge in [-0.1, -0.05) is 36.4 Å². The van der Waals surface area contributed by atoms with Gasteiger partial charge in [0.25, 0.3) is 0 Å². The maximum absolute atomic E-state index is 13.2. The number of carbonyl (C=O) groups is 2. The van der Waals surface area contributed by atoms with Crippen LogP contribution in [-0.4, -0.2) is 42.6 Å². The number of nitrogens with zero attached hydrogens (tertiary/aromatic N) is 1. The summed E-state index contributed by atoms with van der Waals surface area (Å²) in [4.78, 5) is 25.7. The van der Waals surface area contributed by atoms with Crippen molar-refractivity contribution in [3.63, 3.8) is 0 Å². The van der Waals surface area contributed by atoms with Crippen molar-refractivity contribution in [3.8, 4) is 11.5 Å². The molecule has 186 valence electrons. The monoisotopic (exact) mass is 488 g/mol. The van der Waals surface area contributed by atoms with Gasteiger partial charge in [-0.05, 0) is 53.4 Å². The van der Waals surface area contributed by atoms with Crippen LogP contribution in [0.1, 0.15) is 32.6 Å². The Bertz CT molecular complexity index is 1270. The van der Waals surface area contributed by atoms with Crippen LogP contribution in [0.3, 0.4) is 0 Å². The van der Waals surface area contributed by atoms with Crippen molar-refractivity contribution < 1.29 is 23.7 Å². The van der Waals surface area contributed by atoms with Gasteiger partial charge in [0, 0.05) is 18.5 Å². The first-order valence-electron chi connectivity index (χ1n) is 11.5. The molecule has 3 aromatic rings. The van der Waals surface area contributed by atoms with Gasteiger partial charge in [-0.15, -0.1) is 0 Å². The molecule has 0 radical (unpaired) electrons. The molecule has 0 spiro atoms. The molecule has 0 fully saturated rings. The third kappa shape index (κ3) is 5.37. The summed E-state index contributed by atoms with van der Waals surface area (Å²) in [7, 11) is 1.59. The van der Waals surface area contributed by atoms with E-state index in [1.54, 1.807) is 37.4 Å². The molecule has 1 atom stereocenters. The maximum Gasteiger partial charge on any atom is 0.424 e. The average Bonchev–Trinajstić information content (AvgIpc) is 2.90. The number of nitrogens with one attached hydrogen (secondary N) is 2. The number of hydrogen-bond donors (Lipinski definition) is 3. The van der Waals surface area contributed by atoms with Crippen molar-refractivity contribution in [2.45, 2.75) is 19.4 Å². The number of amidine groups is 1. The van der Waals surface area contributed by atoms with E-state index < -0.39 is 16.6 Å². The molecular formula is C27H28N4O5. The average molecular weight is 489 g/mol. The van der Waals surface area contributed by atoms with E-state index in [1.807, 2.05) is 36.4 Å². The van der Waals surface area contributed by atoms with Crippen molar-refractivity contribution in [2.24, 2.45) is 5.73 Å². The number of carbonyl (C=O) groups excluding carboxylic acids is 2. The van der Waals surface area contributed by atoms with Gasteiger partial charge >= 0.3 is 11.9 Å². The normalized spacial score (nSPS) is 16.7. The van der Waals surface area contributed by atoms with Gasteiger partial charge < -0.3 is 25.7 Å². The summed E-state index contributed by atoms with van der Waals surface area (Å²) < 4.78 is 9.41. The summed E-state index contributed by atoms with van der Waals surface area (Å²) in [6.07, 6.45) is 0.805. The lowest BCUT2D eigenvalue weighted by Gasteiger charge is -2.39. The highest BCUT2D eigenvalue weighted by Crippen LogP contribution is 2.28. The number of amides is 3. The van der Waals surface area contributed by atoms with E-state index in [9.17, 15) is 14.8 Å². The van der Waals surface area contributed by atoms with Crippen LogP contribution >= 0.6 is 0 Å². The number of imide groups is 1. The Hall–Kier alpha value is -4.21. The molecule has 4 rings (SSSR count). The molecule has 0 aliphatic carbocycles. The van der Waals surface area contributed by atoms with Gasteiger partial charge in [0.1, 0.15) is 23.9 Å². The van der Waals surface area contributed by atoms with Crippen molar-refractivity contribution in [3.05, 3.63) is 99.8 Å². The quantitative estimate of drug-likeness (QED) is 0.192. The van der Waals surface area contributed by atoms with Gasteiger partial charge in [-0.2, -0.15) is 0 Å². The second-order valence-electron chi connectivity index (χ2n) is 8.57. The number of nitrogens with two attached hydrogens (primary N) is 1. The topological polar surface area (TPSA) is 138 Å². The molecule has 3 aromatic carbocycles. The van der Waals surface area contributed by atoms with Crippen LogP contribution in [0, 0.1) is 10.6 Å². The van der Waals surface area contributed by atoms with Crippen LogP contribution in [0.4, 0.5) is 4.79 Å². The summed E-state index contributed by atoms with van der Waals surface area (Å²) in [6, 6.07) is 18.6. The second kappa shape index (κ2) is 10.6. The summed E-state index contributed by atoms with van der Waals surface area (Å²) in [5.74, 6) is 0.526. The van der Waals surface area contributed by atoms with Gasteiger partial charge in [0.2, 0.25) is 0 Å². The lowest BCUT2D eigenvalue weighted by molar-refractivity contribution is -0.714. The van der Waals surface area contributed by atoms with Crippen LogP contribution in [-0.2, 0) is 19.4 Å². The number of rotatable bonds is 8. The Morgan fingerprint density at radius 2 is 1.72 bits per heavy atom. The van der Waals surface area contributed by atoms with Crippen molar-refractivity contribution in [1.82, 2.24) is 5.32 Å². The maximum atomic E-state index is 13.2. The summed E-state index contributed by atoms with van der Waals surface area (Å²) in [6.45, 7) is 0.368. The number of methoxy groups -OCH3 is 1. The molecule has 3 amide bonds. The third-order valence-electron chi connectivity index (χ3n) is 6.18. The number of quaternary nitrogens is 1. The lowest BCUT2D eigenvalue weighted by atomic mass is 9.98. The highest BCUT2D eigenvalue weighted by molar-refractivity contribution is 5.98. The molecule has 0 bridgehead atoms. The first-order chi connectivity index (χ1) is 17.3. The largest absolute Gasteiger partial charge is 0.616 e. The van der Waals surface area contributed by atoms with Crippen LogP contribution in [0.2, 0.25) is 0 Å². The molecule has 0 aromatic heterocycles. The Morgan fingerprint density at radius 3 is 2.39 bits per heavy atom. The first kappa shape index (κ1) is 24.9. The van der Waals surface area contributed by atoms with Gasteiger partial charge in [-0.3, -0.25) is 5.41 Å². The van der Waals surface area contributed by atoms with Crippen LogP contribution in [0.25, 0.3) is 0 Å². The van der Waals surface area contributed by atoms with Crippen molar-refractivity contribution in [1.29, 1.82) is 5.41 Å². The number of hydroxylamine groups is 3. The molecule has 1 aliphatic rings.